The van der Waals surface area contributed by atoms with Crippen molar-refractivity contribution in [3.05, 3.63) is 41.8 Å². The predicted molar refractivity (Wildman–Crippen MR) is 75.2 cm³/mol. The minimum Gasteiger partial charge on any atom is -0.338 e. The molecule has 100 valence electrons. The summed E-state index contributed by atoms with van der Waals surface area (Å²) in [4.78, 5) is 7.74. The molecule has 0 aliphatic heterocycles. The molecule has 0 spiro atoms. The average Bonchev–Trinajstić information content (AvgIpc) is 2.30. The van der Waals surface area contributed by atoms with Crippen LogP contribution in [0.1, 0.15) is 0 Å². The number of anilines is 3. The Labute approximate surface area is 115 Å². The van der Waals surface area contributed by atoms with Crippen LogP contribution < -0.4 is 10.0 Å². The lowest BCUT2D eigenvalue weighted by molar-refractivity contribution is 0.607. The van der Waals surface area contributed by atoms with Crippen LogP contribution in [0, 0.1) is 0 Å². The third kappa shape index (κ3) is 4.08. The number of aromatic nitrogens is 2. The maximum atomic E-state index is 11.3. The van der Waals surface area contributed by atoms with Gasteiger partial charge in [-0.3, -0.25) is 4.72 Å². The molecule has 0 saturated carbocycles. The molecule has 1 aromatic carbocycles. The van der Waals surface area contributed by atoms with Gasteiger partial charge in [-0.15, -0.1) is 0 Å². The minimum absolute atomic E-state index is 0.110. The van der Waals surface area contributed by atoms with Gasteiger partial charge in [0.1, 0.15) is 5.82 Å². The topological polar surface area (TPSA) is 84.0 Å². The average molecular weight is 299 g/mol. The summed E-state index contributed by atoms with van der Waals surface area (Å²) in [7, 11) is -3.35. The fraction of sp³-hybridized carbons (Fsp3) is 0.0909. The van der Waals surface area contributed by atoms with E-state index in [1.807, 2.05) is 0 Å². The lowest BCUT2D eigenvalue weighted by Gasteiger charge is -2.12. The van der Waals surface area contributed by atoms with Gasteiger partial charge in [-0.05, 0) is 29.8 Å². The van der Waals surface area contributed by atoms with Crippen LogP contribution in [0.4, 0.5) is 17.2 Å². The summed E-state index contributed by atoms with van der Waals surface area (Å²) >= 11 is 5.68. The molecule has 0 amide bonds. The first kappa shape index (κ1) is 13.6. The van der Waals surface area contributed by atoms with Crippen molar-refractivity contribution in [2.24, 2.45) is 0 Å². The standard InChI is InChI=1S/C11H11ClN4O2S/c1-19(17,18)16-9-5-3-2-4-8(9)14-10-6-7-13-11(12)15-10/h2-7,16H,1H3,(H,13,14,15). The molecule has 0 bridgehead atoms. The van der Waals surface area contributed by atoms with Gasteiger partial charge in [-0.1, -0.05) is 12.1 Å². The fourth-order valence-corrected chi connectivity index (χ4v) is 2.15. The summed E-state index contributed by atoms with van der Waals surface area (Å²) in [5.41, 5.74) is 1.00. The number of hydrogen-bond acceptors (Lipinski definition) is 5. The van der Waals surface area contributed by atoms with Crippen LogP contribution >= 0.6 is 11.6 Å². The smallest absolute Gasteiger partial charge is 0.229 e. The predicted octanol–water partition coefficient (Wildman–Crippen LogP) is 2.25. The Morgan fingerprint density at radius 2 is 1.84 bits per heavy atom. The van der Waals surface area contributed by atoms with E-state index in [1.54, 1.807) is 30.3 Å². The SMILES string of the molecule is CS(=O)(=O)Nc1ccccc1Nc1ccnc(Cl)n1. The molecule has 0 aliphatic carbocycles. The first-order chi connectivity index (χ1) is 8.94. The van der Waals surface area contributed by atoms with Gasteiger partial charge in [-0.25, -0.2) is 18.4 Å². The number of nitrogens with one attached hydrogen (secondary N) is 2. The molecule has 19 heavy (non-hydrogen) atoms. The molecule has 8 heteroatoms. The van der Waals surface area contributed by atoms with Crippen molar-refractivity contribution in [3.8, 4) is 0 Å². The Morgan fingerprint density at radius 1 is 1.16 bits per heavy atom. The highest BCUT2D eigenvalue weighted by Crippen LogP contribution is 2.25. The molecular formula is C11H11ClN4O2S. The highest BCUT2D eigenvalue weighted by Gasteiger charge is 2.07. The Kier molecular flexibility index (Phi) is 3.87. The van der Waals surface area contributed by atoms with E-state index < -0.39 is 10.0 Å². The lowest BCUT2D eigenvalue weighted by atomic mass is 10.3. The zero-order valence-electron chi connectivity index (χ0n) is 9.96. The summed E-state index contributed by atoms with van der Waals surface area (Å²) in [6, 6.07) is 8.50. The molecule has 2 aromatic rings. The van der Waals surface area contributed by atoms with E-state index in [0.717, 1.165) is 6.26 Å². The van der Waals surface area contributed by atoms with Crippen molar-refractivity contribution in [2.75, 3.05) is 16.3 Å². The van der Waals surface area contributed by atoms with Crippen LogP contribution in [0.25, 0.3) is 0 Å². The molecule has 1 heterocycles. The first-order valence-corrected chi connectivity index (χ1v) is 7.53. The molecule has 0 unspecified atom stereocenters. The highest BCUT2D eigenvalue weighted by atomic mass is 35.5. The van der Waals surface area contributed by atoms with E-state index in [-0.39, 0.29) is 5.28 Å². The second-order valence-electron chi connectivity index (χ2n) is 3.76. The summed E-state index contributed by atoms with van der Waals surface area (Å²) < 4.78 is 25.0. The van der Waals surface area contributed by atoms with Gasteiger partial charge in [0.2, 0.25) is 15.3 Å². The molecular weight excluding hydrogens is 288 g/mol. The van der Waals surface area contributed by atoms with Crippen molar-refractivity contribution in [2.45, 2.75) is 0 Å². The number of rotatable bonds is 4. The van der Waals surface area contributed by atoms with E-state index in [2.05, 4.69) is 20.0 Å². The van der Waals surface area contributed by atoms with Crippen molar-refractivity contribution in [1.29, 1.82) is 0 Å². The van der Waals surface area contributed by atoms with Crippen LogP contribution in [0.5, 0.6) is 0 Å². The normalized spacial score (nSPS) is 11.1. The van der Waals surface area contributed by atoms with Crippen molar-refractivity contribution in [3.63, 3.8) is 0 Å². The third-order valence-electron chi connectivity index (χ3n) is 2.11. The summed E-state index contributed by atoms with van der Waals surface area (Å²) in [5.74, 6) is 0.475. The summed E-state index contributed by atoms with van der Waals surface area (Å²) in [6.07, 6.45) is 2.59. The monoisotopic (exact) mass is 298 g/mol. The third-order valence-corrected chi connectivity index (χ3v) is 2.88. The van der Waals surface area contributed by atoms with Gasteiger partial charge < -0.3 is 5.32 Å². The highest BCUT2D eigenvalue weighted by molar-refractivity contribution is 7.92. The van der Waals surface area contributed by atoms with E-state index >= 15 is 0 Å². The van der Waals surface area contributed by atoms with Gasteiger partial charge in [0.05, 0.1) is 17.6 Å². The van der Waals surface area contributed by atoms with Crippen molar-refractivity contribution >= 4 is 38.8 Å². The fourth-order valence-electron chi connectivity index (χ4n) is 1.42. The van der Waals surface area contributed by atoms with E-state index in [0.29, 0.717) is 17.2 Å². The molecule has 0 radical (unpaired) electrons. The van der Waals surface area contributed by atoms with Crippen LogP contribution in [-0.4, -0.2) is 24.6 Å². The van der Waals surface area contributed by atoms with Gasteiger partial charge >= 0.3 is 0 Å². The van der Waals surface area contributed by atoms with Gasteiger partial charge in [0.25, 0.3) is 0 Å². The number of hydrogen-bond donors (Lipinski definition) is 2. The largest absolute Gasteiger partial charge is 0.338 e. The molecule has 1 aromatic heterocycles. The lowest BCUT2D eigenvalue weighted by Crippen LogP contribution is -2.11. The van der Waals surface area contributed by atoms with Gasteiger partial charge in [0, 0.05) is 6.20 Å². The minimum atomic E-state index is -3.35. The number of benzene rings is 1. The second kappa shape index (κ2) is 5.41. The van der Waals surface area contributed by atoms with E-state index in [9.17, 15) is 8.42 Å². The Bertz CT molecular complexity index is 691. The van der Waals surface area contributed by atoms with Crippen LogP contribution in [-0.2, 0) is 10.0 Å². The molecule has 6 nitrogen and oxygen atoms in total. The maximum Gasteiger partial charge on any atom is 0.229 e. The van der Waals surface area contributed by atoms with Crippen LogP contribution in [0.2, 0.25) is 5.28 Å². The van der Waals surface area contributed by atoms with Crippen LogP contribution in [0.15, 0.2) is 36.5 Å². The van der Waals surface area contributed by atoms with Crippen LogP contribution in [0.3, 0.4) is 0 Å². The molecule has 0 saturated heterocycles. The molecule has 2 rings (SSSR count). The molecule has 0 atom stereocenters. The number of para-hydroxylation sites is 2. The summed E-state index contributed by atoms with van der Waals surface area (Å²) in [5, 5.41) is 3.08. The first-order valence-electron chi connectivity index (χ1n) is 5.26. The number of halogens is 1. The Morgan fingerprint density at radius 3 is 2.47 bits per heavy atom. The Hall–Kier alpha value is -1.86. The summed E-state index contributed by atoms with van der Waals surface area (Å²) in [6.45, 7) is 0. The van der Waals surface area contributed by atoms with E-state index in [1.165, 1.54) is 6.20 Å². The van der Waals surface area contributed by atoms with E-state index in [4.69, 9.17) is 11.6 Å². The number of sulfonamides is 1. The Balaban J connectivity index is 2.30. The van der Waals surface area contributed by atoms with Crippen molar-refractivity contribution in [1.82, 2.24) is 9.97 Å². The number of nitrogens with zero attached hydrogens (tertiary/aromatic N) is 2. The van der Waals surface area contributed by atoms with Crippen molar-refractivity contribution < 1.29 is 8.42 Å². The van der Waals surface area contributed by atoms with Gasteiger partial charge in [0.15, 0.2) is 0 Å². The zero-order chi connectivity index (χ0) is 13.9. The second-order valence-corrected chi connectivity index (χ2v) is 5.84. The molecule has 0 aliphatic rings. The molecule has 2 N–H and O–H groups in total. The maximum absolute atomic E-state index is 11.3. The zero-order valence-corrected chi connectivity index (χ0v) is 11.5. The molecule has 0 fully saturated rings. The van der Waals surface area contributed by atoms with Gasteiger partial charge in [-0.2, -0.15) is 0 Å². The quantitative estimate of drug-likeness (QED) is 0.846.